The van der Waals surface area contributed by atoms with Crippen LogP contribution in [-0.2, 0) is 0 Å². The summed E-state index contributed by atoms with van der Waals surface area (Å²) in [5.74, 6) is 0. The molecule has 0 bridgehead atoms. The van der Waals surface area contributed by atoms with Crippen LogP contribution in [0, 0.1) is 5.21 Å². The van der Waals surface area contributed by atoms with Crippen molar-refractivity contribution >= 4 is 0 Å². The summed E-state index contributed by atoms with van der Waals surface area (Å²) in [4.78, 5) is 0. The summed E-state index contributed by atoms with van der Waals surface area (Å²) in [5.41, 5.74) is 0. The van der Waals surface area contributed by atoms with Crippen molar-refractivity contribution in [3.63, 3.8) is 0 Å². The minimum Gasteiger partial charge on any atom is -0.632 e. The van der Waals surface area contributed by atoms with Gasteiger partial charge in [-0.3, -0.25) is 0 Å². The Hall–Kier alpha value is -0.160. The summed E-state index contributed by atoms with van der Waals surface area (Å²) in [7, 11) is 0. The lowest BCUT2D eigenvalue weighted by atomic mass is 10.0. The summed E-state index contributed by atoms with van der Waals surface area (Å²) in [5, 5.41) is 31.1. The van der Waals surface area contributed by atoms with Crippen LogP contribution in [0.1, 0.15) is 110 Å². The number of quaternary nitrogens is 1. The van der Waals surface area contributed by atoms with Crippen LogP contribution >= 0.6 is 0 Å². The van der Waals surface area contributed by atoms with E-state index in [-0.39, 0.29) is 32.3 Å². The number of unbranched alkanes of at least 4 members (excludes halogenated alkanes) is 12. The number of hydrogen-bond donors (Lipinski definition) is 2. The molecule has 0 aliphatic carbocycles. The highest BCUT2D eigenvalue weighted by atomic mass is 16.6. The second-order valence-corrected chi connectivity index (χ2v) is 7.94. The standard InChI is InChI=1S/C22H47NO3/c1-3-5-6-7-8-9-10-11-12-13-14-15-16-17-22(4-2)23(26,18-20-24)19-21-25/h22,24-25H,3-21H2,1-2H3. The summed E-state index contributed by atoms with van der Waals surface area (Å²) in [6.07, 6.45) is 19.1. The molecule has 0 aliphatic rings. The van der Waals surface area contributed by atoms with Crippen LogP contribution in [0.2, 0.25) is 0 Å². The largest absolute Gasteiger partial charge is 0.632 e. The number of aliphatic hydroxyl groups is 2. The molecule has 0 fully saturated rings. The van der Waals surface area contributed by atoms with E-state index in [1.165, 1.54) is 77.0 Å². The molecule has 1 unspecified atom stereocenters. The van der Waals surface area contributed by atoms with Crippen LogP contribution < -0.4 is 0 Å². The zero-order valence-corrected chi connectivity index (χ0v) is 17.8. The Balaban J connectivity index is 3.62. The Labute approximate surface area is 163 Å². The maximum atomic E-state index is 12.8. The van der Waals surface area contributed by atoms with E-state index >= 15 is 0 Å². The zero-order valence-electron chi connectivity index (χ0n) is 17.8. The second-order valence-electron chi connectivity index (χ2n) is 7.94. The first kappa shape index (κ1) is 25.8. The van der Waals surface area contributed by atoms with E-state index in [2.05, 4.69) is 6.92 Å². The summed E-state index contributed by atoms with van der Waals surface area (Å²) in [6.45, 7) is 4.53. The third-order valence-corrected chi connectivity index (χ3v) is 5.73. The van der Waals surface area contributed by atoms with E-state index < -0.39 is 4.65 Å². The monoisotopic (exact) mass is 373 g/mol. The molecule has 0 saturated carbocycles. The van der Waals surface area contributed by atoms with E-state index in [0.717, 1.165) is 19.3 Å². The van der Waals surface area contributed by atoms with Crippen molar-refractivity contribution in [2.45, 2.75) is 116 Å². The highest BCUT2D eigenvalue weighted by Crippen LogP contribution is 2.21. The van der Waals surface area contributed by atoms with Gasteiger partial charge in [-0.2, -0.15) is 0 Å². The summed E-state index contributed by atoms with van der Waals surface area (Å²) < 4.78 is -0.429. The molecule has 0 rings (SSSR count). The molecule has 0 spiro atoms. The lowest BCUT2D eigenvalue weighted by molar-refractivity contribution is -0.906. The maximum Gasteiger partial charge on any atom is 0.102 e. The van der Waals surface area contributed by atoms with E-state index in [0.29, 0.717) is 0 Å². The zero-order chi connectivity index (χ0) is 19.5. The van der Waals surface area contributed by atoms with Crippen molar-refractivity contribution in [3.05, 3.63) is 5.21 Å². The van der Waals surface area contributed by atoms with E-state index in [4.69, 9.17) is 10.2 Å². The lowest BCUT2D eigenvalue weighted by Gasteiger charge is -2.48. The first-order valence-electron chi connectivity index (χ1n) is 11.4. The lowest BCUT2D eigenvalue weighted by Crippen LogP contribution is -2.53. The van der Waals surface area contributed by atoms with Gasteiger partial charge in [0.05, 0.1) is 19.3 Å². The SMILES string of the molecule is CCCCCCCCCCCCCCCC(CC)[N+]([O-])(CCO)CCO. The minimum atomic E-state index is -0.429. The van der Waals surface area contributed by atoms with Gasteiger partial charge in [-0.15, -0.1) is 0 Å². The first-order chi connectivity index (χ1) is 12.6. The van der Waals surface area contributed by atoms with Gasteiger partial charge in [0.1, 0.15) is 13.1 Å². The number of hydroxylamine groups is 3. The molecule has 1 atom stereocenters. The third kappa shape index (κ3) is 13.1. The Kier molecular flexibility index (Phi) is 18.1. The molecule has 0 aliphatic heterocycles. The molecule has 4 nitrogen and oxygen atoms in total. The van der Waals surface area contributed by atoms with Crippen LogP contribution in [-0.4, -0.2) is 47.2 Å². The number of nitrogens with zero attached hydrogens (tertiary/aromatic N) is 1. The molecule has 0 amide bonds. The van der Waals surface area contributed by atoms with Crippen molar-refractivity contribution < 1.29 is 14.9 Å². The fourth-order valence-electron chi connectivity index (χ4n) is 3.99. The molecule has 0 radical (unpaired) electrons. The first-order valence-corrected chi connectivity index (χ1v) is 11.4. The second kappa shape index (κ2) is 18.2. The van der Waals surface area contributed by atoms with Crippen LogP contribution in [0.5, 0.6) is 0 Å². The molecular weight excluding hydrogens is 326 g/mol. The topological polar surface area (TPSA) is 63.5 Å². The van der Waals surface area contributed by atoms with Crippen LogP contribution in [0.15, 0.2) is 0 Å². The third-order valence-electron chi connectivity index (χ3n) is 5.73. The average molecular weight is 374 g/mol. The molecule has 0 aromatic heterocycles. The molecule has 0 heterocycles. The summed E-state index contributed by atoms with van der Waals surface area (Å²) in [6, 6.07) is 0.0157. The van der Waals surface area contributed by atoms with Crippen molar-refractivity contribution in [2.75, 3.05) is 26.3 Å². The quantitative estimate of drug-likeness (QED) is 0.167. The smallest absolute Gasteiger partial charge is 0.102 e. The van der Waals surface area contributed by atoms with Gasteiger partial charge >= 0.3 is 0 Å². The van der Waals surface area contributed by atoms with E-state index in [1.54, 1.807) is 0 Å². The van der Waals surface area contributed by atoms with E-state index in [1.807, 2.05) is 6.92 Å². The Morgan fingerprint density at radius 3 is 1.38 bits per heavy atom. The Morgan fingerprint density at radius 2 is 1.04 bits per heavy atom. The molecule has 0 aromatic rings. The maximum absolute atomic E-state index is 12.8. The molecular formula is C22H47NO3. The van der Waals surface area contributed by atoms with Gasteiger partial charge < -0.3 is 20.1 Å². The predicted molar refractivity (Wildman–Crippen MR) is 112 cm³/mol. The van der Waals surface area contributed by atoms with Gasteiger partial charge in [-0.05, 0) is 19.3 Å². The summed E-state index contributed by atoms with van der Waals surface area (Å²) >= 11 is 0. The normalized spacial score (nSPS) is 13.3. The molecule has 0 aromatic carbocycles. The van der Waals surface area contributed by atoms with Gasteiger partial charge in [0.2, 0.25) is 0 Å². The van der Waals surface area contributed by atoms with Gasteiger partial charge in [0, 0.05) is 0 Å². The van der Waals surface area contributed by atoms with Crippen LogP contribution in [0.25, 0.3) is 0 Å². The molecule has 0 saturated heterocycles. The van der Waals surface area contributed by atoms with Gasteiger partial charge in [0.25, 0.3) is 0 Å². The van der Waals surface area contributed by atoms with Crippen molar-refractivity contribution in [2.24, 2.45) is 0 Å². The number of hydrogen-bond acceptors (Lipinski definition) is 3. The fraction of sp³-hybridized carbons (Fsp3) is 1.00. The van der Waals surface area contributed by atoms with Crippen molar-refractivity contribution in [1.82, 2.24) is 0 Å². The van der Waals surface area contributed by atoms with Gasteiger partial charge in [-0.25, -0.2) is 0 Å². The van der Waals surface area contributed by atoms with Crippen molar-refractivity contribution in [1.29, 1.82) is 0 Å². The van der Waals surface area contributed by atoms with Crippen molar-refractivity contribution in [3.8, 4) is 0 Å². The Morgan fingerprint density at radius 1 is 0.654 bits per heavy atom. The molecule has 2 N–H and O–H groups in total. The van der Waals surface area contributed by atoms with Crippen LogP contribution in [0.4, 0.5) is 0 Å². The van der Waals surface area contributed by atoms with E-state index in [9.17, 15) is 5.21 Å². The minimum absolute atomic E-state index is 0.0157. The predicted octanol–water partition coefficient (Wildman–Crippen LogP) is 5.55. The van der Waals surface area contributed by atoms with Gasteiger partial charge in [-0.1, -0.05) is 90.9 Å². The van der Waals surface area contributed by atoms with Gasteiger partial charge in [0.15, 0.2) is 0 Å². The highest BCUT2D eigenvalue weighted by Gasteiger charge is 2.26. The molecule has 4 heteroatoms. The molecule has 26 heavy (non-hydrogen) atoms. The number of rotatable bonds is 20. The fourth-order valence-corrected chi connectivity index (χ4v) is 3.99. The number of aliphatic hydroxyl groups excluding tert-OH is 2. The van der Waals surface area contributed by atoms with Crippen LogP contribution in [0.3, 0.4) is 0 Å². The Bertz CT molecular complexity index is 281. The molecule has 158 valence electrons. The average Bonchev–Trinajstić information content (AvgIpc) is 2.62. The highest BCUT2D eigenvalue weighted by molar-refractivity contribution is 4.62.